The molecule has 0 saturated heterocycles. The van der Waals surface area contributed by atoms with Crippen LogP contribution in [0.25, 0.3) is 5.69 Å². The molecule has 32 heavy (non-hydrogen) atoms. The molecule has 0 bridgehead atoms. The number of benzene rings is 3. The van der Waals surface area contributed by atoms with Crippen molar-refractivity contribution in [2.24, 2.45) is 0 Å². The highest BCUT2D eigenvalue weighted by molar-refractivity contribution is 9.10. The Bertz CT molecular complexity index is 1250. The summed E-state index contributed by atoms with van der Waals surface area (Å²) in [6.07, 6.45) is 1.54. The summed E-state index contributed by atoms with van der Waals surface area (Å²) in [5, 5.41) is 12.7. The van der Waals surface area contributed by atoms with E-state index in [0.29, 0.717) is 22.6 Å². The van der Waals surface area contributed by atoms with E-state index in [0.717, 1.165) is 15.9 Å². The van der Waals surface area contributed by atoms with Gasteiger partial charge in [0.05, 0.1) is 23.1 Å². The van der Waals surface area contributed by atoms with Crippen LogP contribution in [0.3, 0.4) is 0 Å². The van der Waals surface area contributed by atoms with Crippen molar-refractivity contribution in [3.05, 3.63) is 101 Å². The summed E-state index contributed by atoms with van der Waals surface area (Å²) in [5.41, 5.74) is 3.85. The Labute approximate surface area is 193 Å². The number of aromatic nitrogens is 2. The average molecular weight is 490 g/mol. The lowest BCUT2D eigenvalue weighted by Gasteiger charge is -2.10. The number of urea groups is 1. The van der Waals surface area contributed by atoms with Gasteiger partial charge in [0.1, 0.15) is 0 Å². The van der Waals surface area contributed by atoms with Gasteiger partial charge < -0.3 is 16.0 Å². The van der Waals surface area contributed by atoms with Gasteiger partial charge in [-0.2, -0.15) is 5.10 Å². The van der Waals surface area contributed by atoms with Gasteiger partial charge >= 0.3 is 6.03 Å². The van der Waals surface area contributed by atoms with E-state index in [1.54, 1.807) is 47.3 Å². The normalized spacial score (nSPS) is 10.4. The van der Waals surface area contributed by atoms with Crippen molar-refractivity contribution in [1.82, 2.24) is 9.78 Å². The molecule has 4 rings (SSSR count). The number of halogens is 1. The Kier molecular flexibility index (Phi) is 6.32. The maximum Gasteiger partial charge on any atom is 0.323 e. The van der Waals surface area contributed by atoms with E-state index in [-0.39, 0.29) is 11.9 Å². The van der Waals surface area contributed by atoms with Gasteiger partial charge in [0, 0.05) is 21.5 Å². The lowest BCUT2D eigenvalue weighted by Crippen LogP contribution is -2.19. The standard InChI is InChI=1S/C24H20BrN5O2/c1-16-22(15-26-30(16)21-12-10-17(25)11-13-21)23(31)27-19-8-5-9-20(14-19)29-24(32)28-18-6-3-2-4-7-18/h2-15H,1H3,(H,27,31)(H2,28,29,32). The van der Waals surface area contributed by atoms with Crippen molar-refractivity contribution in [2.75, 3.05) is 16.0 Å². The van der Waals surface area contributed by atoms with Gasteiger partial charge in [-0.15, -0.1) is 0 Å². The first-order valence-corrected chi connectivity index (χ1v) is 10.6. The molecule has 0 saturated carbocycles. The molecule has 4 aromatic rings. The molecule has 0 spiro atoms. The quantitative estimate of drug-likeness (QED) is 0.329. The van der Waals surface area contributed by atoms with Crippen molar-refractivity contribution in [2.45, 2.75) is 6.92 Å². The number of carbonyl (C=O) groups is 2. The lowest BCUT2D eigenvalue weighted by atomic mass is 10.2. The Morgan fingerprint density at radius 1 is 0.812 bits per heavy atom. The number of amides is 3. The van der Waals surface area contributed by atoms with E-state index < -0.39 is 0 Å². The number of hydrogen-bond acceptors (Lipinski definition) is 3. The zero-order chi connectivity index (χ0) is 22.5. The minimum atomic E-state index is -0.369. The molecule has 3 amide bonds. The van der Waals surface area contributed by atoms with Crippen molar-refractivity contribution in [3.8, 4) is 5.69 Å². The molecule has 0 fully saturated rings. The molecule has 0 atom stereocenters. The molecule has 1 heterocycles. The molecule has 160 valence electrons. The first-order valence-electron chi connectivity index (χ1n) is 9.84. The molecule has 0 aliphatic carbocycles. The minimum Gasteiger partial charge on any atom is -0.322 e. The number of nitrogens with zero attached hydrogens (tertiary/aromatic N) is 2. The summed E-state index contributed by atoms with van der Waals surface area (Å²) < 4.78 is 2.68. The first kappa shape index (κ1) is 21.3. The molecule has 0 unspecified atom stereocenters. The maximum atomic E-state index is 12.8. The molecule has 1 aromatic heterocycles. The van der Waals surface area contributed by atoms with Gasteiger partial charge in [0.25, 0.3) is 5.91 Å². The molecule has 3 N–H and O–H groups in total. The van der Waals surface area contributed by atoms with Crippen molar-refractivity contribution < 1.29 is 9.59 Å². The highest BCUT2D eigenvalue weighted by Crippen LogP contribution is 2.20. The van der Waals surface area contributed by atoms with Crippen molar-refractivity contribution in [3.63, 3.8) is 0 Å². The van der Waals surface area contributed by atoms with E-state index in [1.807, 2.05) is 49.4 Å². The summed E-state index contributed by atoms with van der Waals surface area (Å²) in [7, 11) is 0. The van der Waals surface area contributed by atoms with Crippen LogP contribution in [0, 0.1) is 6.92 Å². The van der Waals surface area contributed by atoms with Crippen LogP contribution in [0.1, 0.15) is 16.1 Å². The molecule has 7 nitrogen and oxygen atoms in total. The van der Waals surface area contributed by atoms with Crippen LogP contribution >= 0.6 is 15.9 Å². The van der Waals surface area contributed by atoms with Gasteiger partial charge in [-0.1, -0.05) is 40.2 Å². The molecular weight excluding hydrogens is 470 g/mol. The molecular formula is C24H20BrN5O2. The van der Waals surface area contributed by atoms with E-state index in [4.69, 9.17) is 0 Å². The fourth-order valence-corrected chi connectivity index (χ4v) is 3.43. The first-order chi connectivity index (χ1) is 15.5. The van der Waals surface area contributed by atoms with E-state index in [2.05, 4.69) is 37.0 Å². The van der Waals surface area contributed by atoms with Crippen LogP contribution in [0.15, 0.2) is 89.5 Å². The highest BCUT2D eigenvalue weighted by atomic mass is 79.9. The highest BCUT2D eigenvalue weighted by Gasteiger charge is 2.16. The van der Waals surface area contributed by atoms with Crippen LogP contribution in [0.5, 0.6) is 0 Å². The van der Waals surface area contributed by atoms with Crippen molar-refractivity contribution in [1.29, 1.82) is 0 Å². The SMILES string of the molecule is Cc1c(C(=O)Nc2cccc(NC(=O)Nc3ccccc3)c2)cnn1-c1ccc(Br)cc1. The fraction of sp³-hybridized carbons (Fsp3) is 0.0417. The predicted octanol–water partition coefficient (Wildman–Crippen LogP) is 5.84. The minimum absolute atomic E-state index is 0.281. The monoisotopic (exact) mass is 489 g/mol. The number of anilines is 3. The number of para-hydroxylation sites is 1. The molecule has 3 aromatic carbocycles. The van der Waals surface area contributed by atoms with Gasteiger partial charge in [-0.05, 0) is 61.5 Å². The second-order valence-electron chi connectivity index (χ2n) is 7.01. The Balaban J connectivity index is 1.44. The number of nitrogens with one attached hydrogen (secondary N) is 3. The van der Waals surface area contributed by atoms with Crippen LogP contribution < -0.4 is 16.0 Å². The van der Waals surface area contributed by atoms with Crippen LogP contribution in [0.4, 0.5) is 21.9 Å². The molecule has 0 aliphatic rings. The summed E-state index contributed by atoms with van der Waals surface area (Å²) in [6.45, 7) is 1.84. The third kappa shape index (κ3) is 5.04. The van der Waals surface area contributed by atoms with Crippen molar-refractivity contribution >= 4 is 44.9 Å². The Hall–Kier alpha value is -3.91. The predicted molar refractivity (Wildman–Crippen MR) is 129 cm³/mol. The van der Waals surface area contributed by atoms with Crippen LogP contribution in [0.2, 0.25) is 0 Å². The topological polar surface area (TPSA) is 88.1 Å². The smallest absolute Gasteiger partial charge is 0.322 e. The summed E-state index contributed by atoms with van der Waals surface area (Å²) >= 11 is 3.42. The zero-order valence-electron chi connectivity index (χ0n) is 17.2. The lowest BCUT2D eigenvalue weighted by molar-refractivity contribution is 0.102. The second kappa shape index (κ2) is 9.49. The number of rotatable bonds is 5. The second-order valence-corrected chi connectivity index (χ2v) is 7.93. The van der Waals surface area contributed by atoms with E-state index in [1.165, 1.54) is 0 Å². The van der Waals surface area contributed by atoms with Gasteiger partial charge in [-0.25, -0.2) is 9.48 Å². The summed E-state index contributed by atoms with van der Waals surface area (Å²) in [6, 6.07) is 23.4. The molecule has 8 heteroatoms. The fourth-order valence-electron chi connectivity index (χ4n) is 3.16. The Morgan fingerprint density at radius 3 is 2.16 bits per heavy atom. The number of hydrogen-bond donors (Lipinski definition) is 3. The van der Waals surface area contributed by atoms with Gasteiger partial charge in [-0.3, -0.25) is 4.79 Å². The maximum absolute atomic E-state index is 12.8. The average Bonchev–Trinajstić information content (AvgIpc) is 3.16. The third-order valence-electron chi connectivity index (χ3n) is 4.74. The third-order valence-corrected chi connectivity index (χ3v) is 5.26. The summed E-state index contributed by atoms with van der Waals surface area (Å²) in [5.74, 6) is -0.281. The zero-order valence-corrected chi connectivity index (χ0v) is 18.8. The largest absolute Gasteiger partial charge is 0.323 e. The molecule has 0 aliphatic heterocycles. The summed E-state index contributed by atoms with van der Waals surface area (Å²) in [4.78, 5) is 25.1. The number of carbonyl (C=O) groups excluding carboxylic acids is 2. The van der Waals surface area contributed by atoms with E-state index >= 15 is 0 Å². The van der Waals surface area contributed by atoms with Gasteiger partial charge in [0.15, 0.2) is 0 Å². The van der Waals surface area contributed by atoms with Gasteiger partial charge in [0.2, 0.25) is 0 Å². The molecule has 0 radical (unpaired) electrons. The van der Waals surface area contributed by atoms with Crippen LogP contribution in [-0.4, -0.2) is 21.7 Å². The Morgan fingerprint density at radius 2 is 1.44 bits per heavy atom. The van der Waals surface area contributed by atoms with E-state index in [9.17, 15) is 9.59 Å². The van der Waals surface area contributed by atoms with Crippen LogP contribution in [-0.2, 0) is 0 Å².